The van der Waals surface area contributed by atoms with Crippen LogP contribution in [0.4, 0.5) is 0 Å². The number of hydrogen-bond donors (Lipinski definition) is 2. The van der Waals surface area contributed by atoms with Gasteiger partial charge in [0, 0.05) is 25.2 Å². The largest absolute Gasteiger partial charge is 0.348 e. The van der Waals surface area contributed by atoms with Crippen LogP contribution in [-0.4, -0.2) is 49.7 Å². The van der Waals surface area contributed by atoms with Crippen molar-refractivity contribution in [3.05, 3.63) is 28.8 Å². The minimum atomic E-state index is -3.63. The summed E-state index contributed by atoms with van der Waals surface area (Å²) in [6.07, 6.45) is 7.04. The van der Waals surface area contributed by atoms with Gasteiger partial charge < -0.3 is 10.6 Å². The quantitative estimate of drug-likeness (QED) is 0.653. The molecule has 172 valence electrons. The van der Waals surface area contributed by atoms with Gasteiger partial charge in [-0.25, -0.2) is 8.42 Å². The predicted molar refractivity (Wildman–Crippen MR) is 120 cm³/mol. The Morgan fingerprint density at radius 1 is 0.968 bits per heavy atom. The average molecular weight is 450 g/mol. The molecule has 0 unspecified atom stereocenters. The zero-order valence-electron chi connectivity index (χ0n) is 18.9. The highest BCUT2D eigenvalue weighted by atomic mass is 32.2. The first-order chi connectivity index (χ1) is 14.7. The summed E-state index contributed by atoms with van der Waals surface area (Å²) in [5.74, 6) is -1.23. The maximum Gasteiger partial charge on any atom is 0.309 e. The highest BCUT2D eigenvalue weighted by Crippen LogP contribution is 2.31. The highest BCUT2D eigenvalue weighted by molar-refractivity contribution is 7.89. The van der Waals surface area contributed by atoms with Crippen molar-refractivity contribution in [3.63, 3.8) is 0 Å². The number of nitrogens with one attached hydrogen (secondary N) is 2. The van der Waals surface area contributed by atoms with Gasteiger partial charge in [-0.2, -0.15) is 4.31 Å². The van der Waals surface area contributed by atoms with Crippen LogP contribution >= 0.6 is 0 Å². The summed E-state index contributed by atoms with van der Waals surface area (Å²) in [5, 5.41) is 5.45. The Labute approximate surface area is 186 Å². The SMILES string of the molecule is Cc1cc(C)c(S(=O)(=O)N2CCCC[C@@H]2CCNC(=O)C(=O)NC2CCCC2)c(C)c1. The number of benzene rings is 1. The first kappa shape index (κ1) is 23.7. The van der Waals surface area contributed by atoms with E-state index < -0.39 is 21.8 Å². The van der Waals surface area contributed by atoms with E-state index in [4.69, 9.17) is 0 Å². The summed E-state index contributed by atoms with van der Waals surface area (Å²) in [5.41, 5.74) is 2.57. The van der Waals surface area contributed by atoms with Gasteiger partial charge >= 0.3 is 11.8 Å². The van der Waals surface area contributed by atoms with E-state index >= 15 is 0 Å². The zero-order valence-corrected chi connectivity index (χ0v) is 19.7. The van der Waals surface area contributed by atoms with Gasteiger partial charge in [-0.3, -0.25) is 9.59 Å². The van der Waals surface area contributed by atoms with Crippen LogP contribution in [0.25, 0.3) is 0 Å². The van der Waals surface area contributed by atoms with Crippen LogP contribution in [-0.2, 0) is 19.6 Å². The van der Waals surface area contributed by atoms with E-state index in [0.29, 0.717) is 17.9 Å². The molecule has 2 aliphatic rings. The maximum absolute atomic E-state index is 13.5. The smallest absolute Gasteiger partial charge is 0.309 e. The topological polar surface area (TPSA) is 95.6 Å². The second-order valence-electron chi connectivity index (χ2n) is 8.99. The van der Waals surface area contributed by atoms with E-state index in [-0.39, 0.29) is 18.6 Å². The molecule has 1 aromatic rings. The maximum atomic E-state index is 13.5. The number of rotatable bonds is 6. The van der Waals surface area contributed by atoms with Crippen LogP contribution in [0.15, 0.2) is 17.0 Å². The van der Waals surface area contributed by atoms with Gasteiger partial charge in [0.2, 0.25) is 10.0 Å². The normalized spacial score (nSPS) is 20.5. The molecule has 0 aromatic heterocycles. The Balaban J connectivity index is 1.63. The Hall–Kier alpha value is -1.93. The molecule has 3 rings (SSSR count). The number of aryl methyl sites for hydroxylation is 3. The van der Waals surface area contributed by atoms with Crippen LogP contribution in [0.2, 0.25) is 0 Å². The van der Waals surface area contributed by atoms with Gasteiger partial charge in [0.05, 0.1) is 4.90 Å². The molecule has 0 radical (unpaired) electrons. The van der Waals surface area contributed by atoms with Gasteiger partial charge in [0.1, 0.15) is 0 Å². The van der Waals surface area contributed by atoms with Crippen molar-refractivity contribution in [1.82, 2.24) is 14.9 Å². The third-order valence-electron chi connectivity index (χ3n) is 6.40. The van der Waals surface area contributed by atoms with Crippen molar-refractivity contribution in [1.29, 1.82) is 0 Å². The molecule has 1 heterocycles. The molecule has 0 spiro atoms. The van der Waals surface area contributed by atoms with Crippen LogP contribution in [0.1, 0.15) is 68.1 Å². The molecule has 1 aliphatic carbocycles. The fraction of sp³-hybridized carbons (Fsp3) is 0.652. The molecule has 2 fully saturated rings. The minimum Gasteiger partial charge on any atom is -0.348 e. The lowest BCUT2D eigenvalue weighted by atomic mass is 10.0. The fourth-order valence-electron chi connectivity index (χ4n) is 5.02. The molecule has 1 aliphatic heterocycles. The van der Waals surface area contributed by atoms with E-state index in [1.807, 2.05) is 32.9 Å². The first-order valence-corrected chi connectivity index (χ1v) is 12.8. The molecule has 1 aromatic carbocycles. The fourth-order valence-corrected chi connectivity index (χ4v) is 7.16. The number of nitrogens with zero attached hydrogens (tertiary/aromatic N) is 1. The molecule has 1 saturated carbocycles. The Morgan fingerprint density at radius 3 is 2.23 bits per heavy atom. The third kappa shape index (κ3) is 5.66. The summed E-state index contributed by atoms with van der Waals surface area (Å²) in [4.78, 5) is 24.6. The molecule has 8 heteroatoms. The monoisotopic (exact) mass is 449 g/mol. The Kier molecular flexibility index (Phi) is 7.75. The second kappa shape index (κ2) is 10.1. The lowest BCUT2D eigenvalue weighted by Gasteiger charge is -2.35. The molecule has 2 amide bonds. The molecule has 7 nitrogen and oxygen atoms in total. The summed E-state index contributed by atoms with van der Waals surface area (Å²) in [6.45, 7) is 6.41. The van der Waals surface area contributed by atoms with Gasteiger partial charge in [-0.05, 0) is 64.0 Å². The van der Waals surface area contributed by atoms with Crippen LogP contribution in [0.3, 0.4) is 0 Å². The van der Waals surface area contributed by atoms with E-state index in [2.05, 4.69) is 10.6 Å². The van der Waals surface area contributed by atoms with Crippen molar-refractivity contribution in [2.75, 3.05) is 13.1 Å². The molecular weight excluding hydrogens is 414 g/mol. The highest BCUT2D eigenvalue weighted by Gasteiger charge is 2.35. The summed E-state index contributed by atoms with van der Waals surface area (Å²) in [6, 6.07) is 3.72. The van der Waals surface area contributed by atoms with Gasteiger partial charge in [-0.15, -0.1) is 0 Å². The standard InChI is InChI=1S/C23H35N3O4S/c1-16-14-17(2)21(18(3)15-16)31(29,30)26-13-7-6-10-20(26)11-12-24-22(27)23(28)25-19-8-4-5-9-19/h14-15,19-20H,4-13H2,1-3H3,(H,24,27)(H,25,28)/t20-/m1/s1. The summed E-state index contributed by atoms with van der Waals surface area (Å²) in [7, 11) is -3.63. The first-order valence-electron chi connectivity index (χ1n) is 11.4. The zero-order chi connectivity index (χ0) is 22.6. The van der Waals surface area contributed by atoms with Crippen LogP contribution in [0.5, 0.6) is 0 Å². The number of hydrogen-bond acceptors (Lipinski definition) is 4. The predicted octanol–water partition coefficient (Wildman–Crippen LogP) is 2.72. The molecule has 1 atom stereocenters. The van der Waals surface area contributed by atoms with Crippen molar-refractivity contribution in [2.24, 2.45) is 0 Å². The molecular formula is C23H35N3O4S. The van der Waals surface area contributed by atoms with Crippen molar-refractivity contribution < 1.29 is 18.0 Å². The number of piperidine rings is 1. The third-order valence-corrected chi connectivity index (χ3v) is 8.66. The lowest BCUT2D eigenvalue weighted by Crippen LogP contribution is -2.47. The van der Waals surface area contributed by atoms with Crippen molar-refractivity contribution >= 4 is 21.8 Å². The average Bonchev–Trinajstić information content (AvgIpc) is 3.20. The second-order valence-corrected chi connectivity index (χ2v) is 10.8. The van der Waals surface area contributed by atoms with E-state index in [9.17, 15) is 18.0 Å². The number of carbonyl (C=O) groups excluding carboxylic acids is 2. The molecule has 1 saturated heterocycles. The molecule has 0 bridgehead atoms. The van der Waals surface area contributed by atoms with E-state index in [0.717, 1.165) is 61.6 Å². The minimum absolute atomic E-state index is 0.0956. The number of carbonyl (C=O) groups is 2. The van der Waals surface area contributed by atoms with Crippen molar-refractivity contribution in [2.45, 2.75) is 89.1 Å². The summed E-state index contributed by atoms with van der Waals surface area (Å²) >= 11 is 0. The summed E-state index contributed by atoms with van der Waals surface area (Å²) < 4.78 is 28.7. The van der Waals surface area contributed by atoms with Crippen LogP contribution < -0.4 is 10.6 Å². The number of sulfonamides is 1. The van der Waals surface area contributed by atoms with Crippen molar-refractivity contribution in [3.8, 4) is 0 Å². The van der Waals surface area contributed by atoms with E-state index in [1.54, 1.807) is 4.31 Å². The van der Waals surface area contributed by atoms with Gasteiger partial charge in [0.15, 0.2) is 0 Å². The van der Waals surface area contributed by atoms with Gasteiger partial charge in [0.25, 0.3) is 0 Å². The molecule has 31 heavy (non-hydrogen) atoms. The Bertz CT molecular complexity index is 900. The van der Waals surface area contributed by atoms with Gasteiger partial charge in [-0.1, -0.05) is 37.0 Å². The van der Waals surface area contributed by atoms with E-state index in [1.165, 1.54) is 0 Å². The molecule has 2 N–H and O–H groups in total. The van der Waals surface area contributed by atoms with Crippen LogP contribution in [0, 0.1) is 20.8 Å². The Morgan fingerprint density at radius 2 is 1.58 bits per heavy atom. The number of amides is 2. The lowest BCUT2D eigenvalue weighted by molar-refractivity contribution is -0.139.